The first-order valence-electron chi connectivity index (χ1n) is 8.25. The van der Waals surface area contributed by atoms with Gasteiger partial charge >= 0.3 is 5.97 Å². The van der Waals surface area contributed by atoms with Gasteiger partial charge in [-0.15, -0.1) is 0 Å². The number of phenolic OH excluding ortho intramolecular Hbond substituents is 1. The van der Waals surface area contributed by atoms with Crippen LogP contribution in [0.15, 0.2) is 36.4 Å². The van der Waals surface area contributed by atoms with E-state index in [-0.39, 0.29) is 16.6 Å². The largest absolute Gasteiger partial charge is 0.507 e. The third kappa shape index (κ3) is 4.55. The molecule has 0 spiro atoms. The number of ether oxygens (including phenoxy) is 1. The highest BCUT2D eigenvalue weighted by atomic mass is 35.5. The summed E-state index contributed by atoms with van der Waals surface area (Å²) in [7, 11) is 0. The van der Waals surface area contributed by atoms with Gasteiger partial charge in [0.25, 0.3) is 0 Å². The summed E-state index contributed by atoms with van der Waals surface area (Å²) in [5.41, 5.74) is 1.26. The van der Waals surface area contributed by atoms with Gasteiger partial charge in [-0.1, -0.05) is 53.1 Å². The molecule has 0 heterocycles. The summed E-state index contributed by atoms with van der Waals surface area (Å²) < 4.78 is 5.45. The summed E-state index contributed by atoms with van der Waals surface area (Å²) in [6, 6.07) is 10.1. The van der Waals surface area contributed by atoms with Crippen molar-refractivity contribution in [2.75, 3.05) is 0 Å². The molecule has 2 rings (SSSR count). The monoisotopic (exact) mass is 360 g/mol. The molecule has 0 fully saturated rings. The molecule has 25 heavy (non-hydrogen) atoms. The molecule has 3 nitrogen and oxygen atoms in total. The van der Waals surface area contributed by atoms with E-state index < -0.39 is 5.97 Å². The molecule has 134 valence electrons. The van der Waals surface area contributed by atoms with E-state index in [0.717, 1.165) is 11.1 Å². The van der Waals surface area contributed by atoms with E-state index in [1.807, 2.05) is 41.5 Å². The number of carbonyl (C=O) groups excluding carboxylic acids is 1. The number of hydrogen-bond donors (Lipinski definition) is 1. The van der Waals surface area contributed by atoms with E-state index in [2.05, 4.69) is 0 Å². The van der Waals surface area contributed by atoms with Crippen LogP contribution in [-0.4, -0.2) is 11.1 Å². The van der Waals surface area contributed by atoms with E-state index in [0.29, 0.717) is 16.3 Å². The first-order chi connectivity index (χ1) is 11.4. The van der Waals surface area contributed by atoms with Crippen molar-refractivity contribution in [3.63, 3.8) is 0 Å². The van der Waals surface area contributed by atoms with Crippen molar-refractivity contribution < 1.29 is 14.6 Å². The van der Waals surface area contributed by atoms with Gasteiger partial charge in [-0.3, -0.25) is 0 Å². The summed E-state index contributed by atoms with van der Waals surface area (Å²) in [6.07, 6.45) is 0. The second-order valence-electron chi connectivity index (χ2n) is 8.26. The average molecular weight is 361 g/mol. The van der Waals surface area contributed by atoms with E-state index in [1.165, 1.54) is 0 Å². The van der Waals surface area contributed by atoms with Gasteiger partial charge in [0.2, 0.25) is 0 Å². The summed E-state index contributed by atoms with van der Waals surface area (Å²) in [4.78, 5) is 12.6. The minimum Gasteiger partial charge on any atom is -0.507 e. The molecule has 0 aliphatic carbocycles. The maximum Gasteiger partial charge on any atom is 0.343 e. The molecule has 2 aromatic carbocycles. The minimum atomic E-state index is -0.460. The number of hydrogen-bond acceptors (Lipinski definition) is 3. The molecule has 0 unspecified atom stereocenters. The average Bonchev–Trinajstić information content (AvgIpc) is 2.47. The molecule has 0 aliphatic heterocycles. The van der Waals surface area contributed by atoms with Crippen LogP contribution in [0.3, 0.4) is 0 Å². The maximum atomic E-state index is 12.6. The van der Waals surface area contributed by atoms with E-state index in [9.17, 15) is 9.90 Å². The van der Waals surface area contributed by atoms with Gasteiger partial charge in [0.1, 0.15) is 11.5 Å². The predicted octanol–water partition coefficient (Wildman–Crippen LogP) is 5.86. The summed E-state index contributed by atoms with van der Waals surface area (Å²) in [5, 5.41) is 11.3. The predicted molar refractivity (Wildman–Crippen MR) is 102 cm³/mol. The van der Waals surface area contributed by atoms with Crippen LogP contribution in [0.5, 0.6) is 11.5 Å². The Kier molecular flexibility index (Phi) is 5.19. The molecule has 0 atom stereocenters. The third-order valence-electron chi connectivity index (χ3n) is 3.99. The van der Waals surface area contributed by atoms with Crippen molar-refractivity contribution in [3.05, 3.63) is 58.1 Å². The molecule has 2 aromatic rings. The van der Waals surface area contributed by atoms with Crippen molar-refractivity contribution in [2.24, 2.45) is 0 Å². The summed E-state index contributed by atoms with van der Waals surface area (Å²) in [5.74, 6) is 0.207. The quantitative estimate of drug-likeness (QED) is 0.539. The number of phenols is 1. The molecule has 0 saturated carbocycles. The smallest absolute Gasteiger partial charge is 0.343 e. The Labute approximate surface area is 154 Å². The molecule has 0 amide bonds. The highest BCUT2D eigenvalue weighted by molar-refractivity contribution is 6.30. The van der Waals surface area contributed by atoms with Crippen molar-refractivity contribution >= 4 is 17.6 Å². The molecule has 1 N–H and O–H groups in total. The molecule has 0 radical (unpaired) electrons. The number of aromatic hydroxyl groups is 1. The summed E-state index contributed by atoms with van der Waals surface area (Å²) in [6.45, 7) is 12.0. The molecule has 0 aromatic heterocycles. The Balaban J connectivity index is 2.49. The highest BCUT2D eigenvalue weighted by Gasteiger charge is 2.28. The zero-order valence-corrected chi connectivity index (χ0v) is 16.4. The van der Waals surface area contributed by atoms with Crippen LogP contribution in [0.4, 0.5) is 0 Å². The molecule has 0 saturated heterocycles. The second kappa shape index (κ2) is 6.72. The zero-order chi connectivity index (χ0) is 19.0. The lowest BCUT2D eigenvalue weighted by atomic mass is 9.78. The SMILES string of the molecule is CC(C)(C)c1cc(C(=O)Oc2ccc(Cl)cc2)cc(C(C)(C)C)c1O. The topological polar surface area (TPSA) is 46.5 Å². The van der Waals surface area contributed by atoms with Crippen LogP contribution in [0.25, 0.3) is 0 Å². The number of rotatable bonds is 2. The van der Waals surface area contributed by atoms with Gasteiger partial charge in [-0.05, 0) is 47.2 Å². The molecular weight excluding hydrogens is 336 g/mol. The molecular formula is C21H25ClO3. The zero-order valence-electron chi connectivity index (χ0n) is 15.6. The van der Waals surface area contributed by atoms with Crippen LogP contribution in [-0.2, 0) is 10.8 Å². The lowest BCUT2D eigenvalue weighted by Gasteiger charge is -2.27. The van der Waals surface area contributed by atoms with Crippen LogP contribution < -0.4 is 4.74 Å². The minimum absolute atomic E-state index is 0.239. The maximum absolute atomic E-state index is 12.6. The standard InChI is InChI=1S/C21H25ClO3/c1-20(2,3)16-11-13(12-17(18(16)23)21(4,5)6)19(24)25-15-9-7-14(22)8-10-15/h7-12,23H,1-6H3. The third-order valence-corrected chi connectivity index (χ3v) is 4.24. The Bertz CT molecular complexity index is 743. The van der Waals surface area contributed by atoms with E-state index in [1.54, 1.807) is 36.4 Å². The Morgan fingerprint density at radius 3 is 1.76 bits per heavy atom. The van der Waals surface area contributed by atoms with Crippen molar-refractivity contribution in [3.8, 4) is 11.5 Å². The fourth-order valence-corrected chi connectivity index (χ4v) is 2.69. The van der Waals surface area contributed by atoms with Crippen LogP contribution >= 0.6 is 11.6 Å². The van der Waals surface area contributed by atoms with Crippen LogP contribution in [0.1, 0.15) is 63.0 Å². The number of carbonyl (C=O) groups is 1. The fourth-order valence-electron chi connectivity index (χ4n) is 2.56. The van der Waals surface area contributed by atoms with Crippen molar-refractivity contribution in [2.45, 2.75) is 52.4 Å². The molecule has 0 bridgehead atoms. The number of esters is 1. The Hall–Kier alpha value is -2.00. The molecule has 0 aliphatic rings. The summed E-state index contributed by atoms with van der Waals surface area (Å²) >= 11 is 5.86. The van der Waals surface area contributed by atoms with Gasteiger partial charge < -0.3 is 9.84 Å². The van der Waals surface area contributed by atoms with Gasteiger partial charge in [-0.25, -0.2) is 4.79 Å². The van der Waals surface area contributed by atoms with Crippen LogP contribution in [0.2, 0.25) is 5.02 Å². The van der Waals surface area contributed by atoms with Gasteiger partial charge in [0.15, 0.2) is 0 Å². The van der Waals surface area contributed by atoms with Crippen molar-refractivity contribution in [1.29, 1.82) is 0 Å². The van der Waals surface area contributed by atoms with E-state index >= 15 is 0 Å². The number of halogens is 1. The Morgan fingerprint density at radius 1 is 0.920 bits per heavy atom. The van der Waals surface area contributed by atoms with Crippen LogP contribution in [0, 0.1) is 0 Å². The highest BCUT2D eigenvalue weighted by Crippen LogP contribution is 2.40. The lowest BCUT2D eigenvalue weighted by molar-refractivity contribution is 0.0734. The lowest BCUT2D eigenvalue weighted by Crippen LogP contribution is -2.20. The van der Waals surface area contributed by atoms with E-state index in [4.69, 9.17) is 16.3 Å². The second-order valence-corrected chi connectivity index (χ2v) is 8.70. The van der Waals surface area contributed by atoms with Crippen molar-refractivity contribution in [1.82, 2.24) is 0 Å². The first-order valence-corrected chi connectivity index (χ1v) is 8.63. The fraction of sp³-hybridized carbons (Fsp3) is 0.381. The number of benzene rings is 2. The first kappa shape index (κ1) is 19.3. The van der Waals surface area contributed by atoms with Gasteiger partial charge in [-0.2, -0.15) is 0 Å². The normalized spacial score (nSPS) is 12.1. The molecule has 4 heteroatoms. The van der Waals surface area contributed by atoms with Gasteiger partial charge in [0, 0.05) is 16.1 Å². The van der Waals surface area contributed by atoms with Gasteiger partial charge in [0.05, 0.1) is 5.56 Å². The Morgan fingerprint density at radius 2 is 1.36 bits per heavy atom.